The Hall–Kier alpha value is -2.88. The topological polar surface area (TPSA) is 145 Å². The van der Waals surface area contributed by atoms with Gasteiger partial charge >= 0.3 is 0 Å². The Balaban J connectivity index is 2.00. The fourth-order valence-electron chi connectivity index (χ4n) is 2.90. The smallest absolute Gasteiger partial charge is 0.267 e. The molecule has 1 aliphatic rings. The minimum Gasteiger partial charge on any atom is -0.396 e. The van der Waals surface area contributed by atoms with E-state index in [4.69, 9.17) is 16.0 Å². The van der Waals surface area contributed by atoms with Gasteiger partial charge in [-0.05, 0) is 56.4 Å². The van der Waals surface area contributed by atoms with Crippen molar-refractivity contribution in [1.29, 1.82) is 0 Å². The fourth-order valence-corrected chi connectivity index (χ4v) is 2.90. The maximum absolute atomic E-state index is 12.4. The van der Waals surface area contributed by atoms with Gasteiger partial charge in [-0.15, -0.1) is 0 Å². The highest BCUT2D eigenvalue weighted by Crippen LogP contribution is 2.33. The maximum Gasteiger partial charge on any atom is 0.267 e. The molecule has 8 nitrogen and oxygen atoms in total. The largest absolute Gasteiger partial charge is 0.396 e. The van der Waals surface area contributed by atoms with Crippen molar-refractivity contribution in [2.75, 3.05) is 6.61 Å². The van der Waals surface area contributed by atoms with E-state index in [9.17, 15) is 14.7 Å². The van der Waals surface area contributed by atoms with Crippen LogP contribution in [-0.2, 0) is 4.79 Å². The van der Waals surface area contributed by atoms with Gasteiger partial charge in [-0.25, -0.2) is 5.48 Å². The second-order valence-electron chi connectivity index (χ2n) is 7.56. The Morgan fingerprint density at radius 3 is 2.45 bits per heavy atom. The summed E-state index contributed by atoms with van der Waals surface area (Å²) >= 11 is 0. The molecule has 0 radical (unpaired) electrons. The van der Waals surface area contributed by atoms with Crippen molar-refractivity contribution in [2.24, 2.45) is 17.6 Å². The van der Waals surface area contributed by atoms with Crippen molar-refractivity contribution in [2.45, 2.75) is 38.0 Å². The van der Waals surface area contributed by atoms with Crippen molar-refractivity contribution in [3.8, 4) is 23.7 Å². The lowest BCUT2D eigenvalue weighted by Gasteiger charge is -2.37. The minimum absolute atomic E-state index is 0.0498. The van der Waals surface area contributed by atoms with Gasteiger partial charge in [-0.3, -0.25) is 14.8 Å². The zero-order valence-electron chi connectivity index (χ0n) is 16.3. The first-order valence-electron chi connectivity index (χ1n) is 9.11. The van der Waals surface area contributed by atoms with Gasteiger partial charge in [0, 0.05) is 35.1 Å². The number of aliphatic hydroxyl groups is 2. The van der Waals surface area contributed by atoms with Gasteiger partial charge in [0.2, 0.25) is 0 Å². The predicted octanol–water partition coefficient (Wildman–Crippen LogP) is -0.628. The molecule has 0 aromatic heterocycles. The molecule has 1 saturated carbocycles. The van der Waals surface area contributed by atoms with E-state index in [1.165, 1.54) is 5.48 Å². The molecule has 0 heterocycles. The van der Waals surface area contributed by atoms with Crippen LogP contribution in [0.3, 0.4) is 0 Å². The number of carbonyl (C=O) groups excluding carboxylic acids is 2. The second-order valence-corrected chi connectivity index (χ2v) is 7.56. The fraction of sp³-hybridized carbons (Fsp3) is 0.429. The lowest BCUT2D eigenvalue weighted by molar-refractivity contribution is -0.132. The third-order valence-corrected chi connectivity index (χ3v) is 4.78. The Bertz CT molecular complexity index is 868. The van der Waals surface area contributed by atoms with Crippen LogP contribution in [0.4, 0.5) is 0 Å². The highest BCUT2D eigenvalue weighted by Gasteiger charge is 2.38. The first-order valence-corrected chi connectivity index (χ1v) is 9.11. The molecule has 1 aliphatic carbocycles. The number of nitrogens with two attached hydrogens (primary N) is 1. The molecule has 154 valence electrons. The molecule has 1 aromatic rings. The van der Waals surface area contributed by atoms with Crippen LogP contribution in [0.15, 0.2) is 24.3 Å². The number of carbonyl (C=O) groups is 2. The molecular formula is C21H25N3O5. The molecule has 1 aromatic carbocycles. The van der Waals surface area contributed by atoms with Crippen molar-refractivity contribution < 1.29 is 25.0 Å². The van der Waals surface area contributed by atoms with Gasteiger partial charge < -0.3 is 21.3 Å². The summed E-state index contributed by atoms with van der Waals surface area (Å²) in [5, 5.41) is 30.0. The summed E-state index contributed by atoms with van der Waals surface area (Å²) in [4.78, 5) is 24.1. The lowest BCUT2D eigenvalue weighted by atomic mass is 9.72. The van der Waals surface area contributed by atoms with Crippen LogP contribution in [0.5, 0.6) is 0 Å². The Labute approximate surface area is 169 Å². The molecule has 4 atom stereocenters. The van der Waals surface area contributed by atoms with Gasteiger partial charge in [-0.2, -0.15) is 0 Å². The Morgan fingerprint density at radius 2 is 1.93 bits per heavy atom. The first-order chi connectivity index (χ1) is 13.7. The van der Waals surface area contributed by atoms with Gasteiger partial charge in [0.1, 0.15) is 6.04 Å². The van der Waals surface area contributed by atoms with Gasteiger partial charge in [0.15, 0.2) is 0 Å². The Morgan fingerprint density at radius 1 is 1.28 bits per heavy atom. The molecule has 0 saturated heterocycles. The van der Waals surface area contributed by atoms with Crippen LogP contribution >= 0.6 is 0 Å². The number of benzene rings is 1. The molecule has 0 aliphatic heterocycles. The van der Waals surface area contributed by atoms with Gasteiger partial charge in [0.05, 0.1) is 6.10 Å². The molecular weight excluding hydrogens is 374 g/mol. The van der Waals surface area contributed by atoms with E-state index < -0.39 is 29.5 Å². The van der Waals surface area contributed by atoms with Crippen molar-refractivity contribution >= 4 is 11.8 Å². The predicted molar refractivity (Wildman–Crippen MR) is 105 cm³/mol. The van der Waals surface area contributed by atoms with Crippen LogP contribution in [-0.4, -0.2) is 51.5 Å². The zero-order valence-corrected chi connectivity index (χ0v) is 16.3. The number of nitrogens with one attached hydrogen (secondary N) is 2. The maximum atomic E-state index is 12.4. The van der Waals surface area contributed by atoms with Crippen LogP contribution in [0.2, 0.25) is 0 Å². The monoisotopic (exact) mass is 399 g/mol. The molecule has 0 bridgehead atoms. The van der Waals surface area contributed by atoms with Crippen molar-refractivity contribution in [3.63, 3.8) is 0 Å². The number of hydrogen-bond acceptors (Lipinski definition) is 6. The zero-order chi connectivity index (χ0) is 21.6. The Kier molecular flexibility index (Phi) is 7.38. The normalized spacial score (nSPS) is 21.4. The molecule has 8 heteroatoms. The minimum atomic E-state index is -1.12. The van der Waals surface area contributed by atoms with E-state index in [1.807, 2.05) is 0 Å². The summed E-state index contributed by atoms with van der Waals surface area (Å²) in [7, 11) is 0. The first kappa shape index (κ1) is 22.4. The standard InChI is InChI=1S/C21H25N3O5/c1-21(2,22)18(20(28)24-29)23-19(27)14-9-7-13(8-10-14)5-3-4-6-15-11-17(26)16(15)12-25/h7-10,15-18,25-26,29H,11-12,22H2,1-2H3,(H,23,27)(H,24,28)/t15-,16-,17+,18?/m0/s1. The number of hydrogen-bond donors (Lipinski definition) is 6. The van der Waals surface area contributed by atoms with Crippen LogP contribution in [0.1, 0.15) is 36.2 Å². The van der Waals surface area contributed by atoms with E-state index in [-0.39, 0.29) is 18.4 Å². The number of amides is 2. The summed E-state index contributed by atoms with van der Waals surface area (Å²) in [6.07, 6.45) is 0.0392. The molecule has 1 fully saturated rings. The average molecular weight is 399 g/mol. The SMILES string of the molecule is CC(C)(N)C(NC(=O)c1ccc(C#CC#C[C@H]2C[C@@H](O)[C@H]2CO)cc1)C(=O)NO. The lowest BCUT2D eigenvalue weighted by Crippen LogP contribution is -2.61. The number of rotatable bonds is 5. The molecule has 1 unspecified atom stereocenters. The van der Waals surface area contributed by atoms with E-state index >= 15 is 0 Å². The summed E-state index contributed by atoms with van der Waals surface area (Å²) in [5.74, 6) is 9.62. The average Bonchev–Trinajstić information content (AvgIpc) is 2.67. The van der Waals surface area contributed by atoms with Crippen LogP contribution in [0.25, 0.3) is 0 Å². The highest BCUT2D eigenvalue weighted by atomic mass is 16.5. The van der Waals surface area contributed by atoms with Crippen molar-refractivity contribution in [1.82, 2.24) is 10.8 Å². The van der Waals surface area contributed by atoms with E-state index in [2.05, 4.69) is 29.0 Å². The van der Waals surface area contributed by atoms with E-state index in [1.54, 1.807) is 38.1 Å². The third kappa shape index (κ3) is 5.80. The van der Waals surface area contributed by atoms with E-state index in [0.29, 0.717) is 17.5 Å². The molecule has 2 amide bonds. The van der Waals surface area contributed by atoms with Gasteiger partial charge in [-0.1, -0.05) is 11.8 Å². The summed E-state index contributed by atoms with van der Waals surface area (Å²) in [6.45, 7) is 3.01. The molecule has 0 spiro atoms. The molecule has 7 N–H and O–H groups in total. The second kappa shape index (κ2) is 9.55. The summed E-state index contributed by atoms with van der Waals surface area (Å²) in [6, 6.07) is 5.26. The summed E-state index contributed by atoms with van der Waals surface area (Å²) in [5.41, 5.74) is 7.25. The quantitative estimate of drug-likeness (QED) is 0.221. The summed E-state index contributed by atoms with van der Waals surface area (Å²) < 4.78 is 0. The van der Waals surface area contributed by atoms with Crippen molar-refractivity contribution in [3.05, 3.63) is 35.4 Å². The highest BCUT2D eigenvalue weighted by molar-refractivity contribution is 5.97. The molecule has 2 rings (SSSR count). The number of aliphatic hydroxyl groups excluding tert-OH is 2. The van der Waals surface area contributed by atoms with E-state index in [0.717, 1.165) is 0 Å². The number of hydroxylamine groups is 1. The van der Waals surface area contributed by atoms with Crippen LogP contribution < -0.4 is 16.5 Å². The third-order valence-electron chi connectivity index (χ3n) is 4.78. The molecule has 29 heavy (non-hydrogen) atoms. The van der Waals surface area contributed by atoms with Gasteiger partial charge in [0.25, 0.3) is 11.8 Å². The van der Waals surface area contributed by atoms with Crippen LogP contribution in [0, 0.1) is 35.5 Å².